The second-order valence-electron chi connectivity index (χ2n) is 2.34. The Morgan fingerprint density at radius 1 is 1.56 bits per heavy atom. The molecule has 1 fully saturated rings. The lowest BCUT2D eigenvalue weighted by Gasteiger charge is -2.10. The van der Waals surface area contributed by atoms with Gasteiger partial charge in [0.1, 0.15) is 12.2 Å². The van der Waals surface area contributed by atoms with Crippen LogP contribution in [0.3, 0.4) is 0 Å². The molecule has 1 aliphatic rings. The van der Waals surface area contributed by atoms with Crippen molar-refractivity contribution in [3.8, 4) is 0 Å². The quantitative estimate of drug-likeness (QED) is 0.506. The Kier molecular flexibility index (Phi) is 2.05. The van der Waals surface area contributed by atoms with Crippen LogP contribution < -0.4 is 0 Å². The van der Waals surface area contributed by atoms with Crippen LogP contribution in [0.5, 0.6) is 0 Å². The van der Waals surface area contributed by atoms with E-state index in [0.29, 0.717) is 0 Å². The van der Waals surface area contributed by atoms with Gasteiger partial charge in [0.25, 0.3) is 0 Å². The van der Waals surface area contributed by atoms with E-state index in [1.54, 1.807) is 0 Å². The van der Waals surface area contributed by atoms with Crippen molar-refractivity contribution >= 4 is 0 Å². The zero-order valence-corrected chi connectivity index (χ0v) is 5.45. The SMILES string of the molecule is CC[C@H]1OC[C@H](O)[C@H]1O. The largest absolute Gasteiger partial charge is 0.388 e. The lowest BCUT2D eigenvalue weighted by Crippen LogP contribution is -2.29. The molecule has 1 saturated heterocycles. The molecule has 2 N–H and O–H groups in total. The fourth-order valence-electron chi connectivity index (χ4n) is 1.03. The van der Waals surface area contributed by atoms with Crippen LogP contribution in [0.15, 0.2) is 0 Å². The van der Waals surface area contributed by atoms with Gasteiger partial charge in [0.05, 0.1) is 12.7 Å². The van der Waals surface area contributed by atoms with Gasteiger partial charge in [-0.25, -0.2) is 0 Å². The highest BCUT2D eigenvalue weighted by molar-refractivity contribution is 4.81. The highest BCUT2D eigenvalue weighted by atomic mass is 16.5. The molecule has 1 rings (SSSR count). The Morgan fingerprint density at radius 3 is 2.44 bits per heavy atom. The molecule has 1 heterocycles. The third-order valence-electron chi connectivity index (χ3n) is 1.66. The first-order valence-electron chi connectivity index (χ1n) is 3.23. The summed E-state index contributed by atoms with van der Waals surface area (Å²) in [5, 5.41) is 18.0. The third kappa shape index (κ3) is 1.23. The van der Waals surface area contributed by atoms with Crippen LogP contribution in [0.25, 0.3) is 0 Å². The van der Waals surface area contributed by atoms with Gasteiger partial charge in [0.2, 0.25) is 0 Å². The van der Waals surface area contributed by atoms with Gasteiger partial charge in [0.15, 0.2) is 0 Å². The molecule has 0 radical (unpaired) electrons. The first-order valence-corrected chi connectivity index (χ1v) is 3.23. The summed E-state index contributed by atoms with van der Waals surface area (Å²) in [6.45, 7) is 2.20. The van der Waals surface area contributed by atoms with E-state index in [1.807, 2.05) is 6.92 Å². The maximum atomic E-state index is 9.08. The van der Waals surface area contributed by atoms with Gasteiger partial charge in [-0.05, 0) is 6.42 Å². The van der Waals surface area contributed by atoms with Gasteiger partial charge in [0, 0.05) is 0 Å². The Bertz CT molecular complexity index is 94.3. The standard InChI is InChI=1S/C6H12O3/c1-2-5-6(8)4(7)3-9-5/h4-8H,2-3H2,1H3/t4-,5+,6+/m0/s1. The van der Waals surface area contributed by atoms with Crippen molar-refractivity contribution in [3.63, 3.8) is 0 Å². The van der Waals surface area contributed by atoms with E-state index in [1.165, 1.54) is 0 Å². The number of aliphatic hydroxyl groups is 2. The lowest BCUT2D eigenvalue weighted by atomic mass is 10.1. The van der Waals surface area contributed by atoms with E-state index in [0.717, 1.165) is 6.42 Å². The van der Waals surface area contributed by atoms with Gasteiger partial charge in [-0.2, -0.15) is 0 Å². The highest BCUT2D eigenvalue weighted by Crippen LogP contribution is 2.16. The normalized spacial score (nSPS) is 43.7. The lowest BCUT2D eigenvalue weighted by molar-refractivity contribution is 0.0218. The molecule has 1 aliphatic heterocycles. The van der Waals surface area contributed by atoms with Gasteiger partial charge in [-0.15, -0.1) is 0 Å². The monoisotopic (exact) mass is 132 g/mol. The highest BCUT2D eigenvalue weighted by Gasteiger charge is 2.32. The maximum absolute atomic E-state index is 9.08. The second-order valence-corrected chi connectivity index (χ2v) is 2.34. The topological polar surface area (TPSA) is 49.7 Å². The molecule has 9 heavy (non-hydrogen) atoms. The number of ether oxygens (including phenoxy) is 1. The van der Waals surface area contributed by atoms with Crippen molar-refractivity contribution in [2.45, 2.75) is 31.7 Å². The molecule has 3 nitrogen and oxygen atoms in total. The van der Waals surface area contributed by atoms with Gasteiger partial charge in [-0.3, -0.25) is 0 Å². The van der Waals surface area contributed by atoms with Crippen LogP contribution in [0, 0.1) is 0 Å². The summed E-state index contributed by atoms with van der Waals surface area (Å²) in [5.74, 6) is 0. The van der Waals surface area contributed by atoms with E-state index < -0.39 is 12.2 Å². The summed E-state index contributed by atoms with van der Waals surface area (Å²) in [6.07, 6.45) is -0.733. The van der Waals surface area contributed by atoms with Crippen LogP contribution in [0.1, 0.15) is 13.3 Å². The second kappa shape index (κ2) is 2.64. The molecule has 0 saturated carbocycles. The fraction of sp³-hybridized carbons (Fsp3) is 1.00. The minimum absolute atomic E-state index is 0.153. The molecular formula is C6H12O3. The summed E-state index contributed by atoms with van der Waals surface area (Å²) in [7, 11) is 0. The zero-order valence-electron chi connectivity index (χ0n) is 5.45. The summed E-state index contributed by atoms with van der Waals surface area (Å²) >= 11 is 0. The van der Waals surface area contributed by atoms with Crippen LogP contribution in [0.4, 0.5) is 0 Å². The smallest absolute Gasteiger partial charge is 0.108 e. The number of hydrogen-bond donors (Lipinski definition) is 2. The van der Waals surface area contributed by atoms with Crippen molar-refractivity contribution in [1.82, 2.24) is 0 Å². The average Bonchev–Trinajstić information content (AvgIpc) is 2.15. The van der Waals surface area contributed by atoms with Gasteiger partial charge in [-0.1, -0.05) is 6.92 Å². The van der Waals surface area contributed by atoms with Crippen LogP contribution in [-0.2, 0) is 4.74 Å². The third-order valence-corrected chi connectivity index (χ3v) is 1.66. The molecule has 0 bridgehead atoms. The van der Waals surface area contributed by atoms with E-state index >= 15 is 0 Å². The van der Waals surface area contributed by atoms with Crippen molar-refractivity contribution < 1.29 is 14.9 Å². The Labute approximate surface area is 54.3 Å². The number of hydrogen-bond acceptors (Lipinski definition) is 3. The summed E-state index contributed by atoms with van der Waals surface area (Å²) in [5.41, 5.74) is 0. The summed E-state index contributed by atoms with van der Waals surface area (Å²) in [4.78, 5) is 0. The Hall–Kier alpha value is -0.120. The van der Waals surface area contributed by atoms with E-state index in [4.69, 9.17) is 14.9 Å². The molecule has 0 spiro atoms. The van der Waals surface area contributed by atoms with Crippen LogP contribution in [0.2, 0.25) is 0 Å². The number of rotatable bonds is 1. The molecule has 0 aromatic carbocycles. The molecule has 0 aromatic heterocycles. The molecule has 3 heteroatoms. The first kappa shape index (κ1) is 6.99. The fourth-order valence-corrected chi connectivity index (χ4v) is 1.03. The number of aliphatic hydroxyl groups excluding tert-OH is 2. The van der Waals surface area contributed by atoms with Crippen LogP contribution in [-0.4, -0.2) is 35.1 Å². The summed E-state index contributed by atoms with van der Waals surface area (Å²) in [6, 6.07) is 0. The van der Waals surface area contributed by atoms with Gasteiger partial charge >= 0.3 is 0 Å². The zero-order chi connectivity index (χ0) is 6.85. The van der Waals surface area contributed by atoms with Crippen LogP contribution >= 0.6 is 0 Å². The molecule has 0 unspecified atom stereocenters. The minimum Gasteiger partial charge on any atom is -0.388 e. The van der Waals surface area contributed by atoms with Crippen molar-refractivity contribution in [2.24, 2.45) is 0 Å². The van der Waals surface area contributed by atoms with E-state index in [-0.39, 0.29) is 12.7 Å². The molecule has 3 atom stereocenters. The van der Waals surface area contributed by atoms with E-state index in [9.17, 15) is 0 Å². The van der Waals surface area contributed by atoms with Crippen molar-refractivity contribution in [3.05, 3.63) is 0 Å². The predicted molar refractivity (Wildman–Crippen MR) is 32.0 cm³/mol. The predicted octanol–water partition coefficient (Wildman–Crippen LogP) is -0.483. The van der Waals surface area contributed by atoms with E-state index in [2.05, 4.69) is 0 Å². The summed E-state index contributed by atoms with van der Waals surface area (Å²) < 4.78 is 5.03. The van der Waals surface area contributed by atoms with Gasteiger partial charge < -0.3 is 14.9 Å². The Balaban J connectivity index is 2.41. The Morgan fingerprint density at radius 2 is 2.22 bits per heavy atom. The minimum atomic E-state index is -0.671. The van der Waals surface area contributed by atoms with Crippen molar-refractivity contribution in [2.75, 3.05) is 6.61 Å². The molecule has 54 valence electrons. The average molecular weight is 132 g/mol. The molecule has 0 aromatic rings. The first-order chi connectivity index (χ1) is 4.25. The maximum Gasteiger partial charge on any atom is 0.108 e. The molecular weight excluding hydrogens is 120 g/mol. The molecule has 0 aliphatic carbocycles. The van der Waals surface area contributed by atoms with Crippen molar-refractivity contribution in [1.29, 1.82) is 0 Å². The molecule has 0 amide bonds.